The average molecular weight is 287 g/mol. The number of aromatic nitrogens is 1. The number of methoxy groups -OCH3 is 1. The lowest BCUT2D eigenvalue weighted by Gasteiger charge is -2.18. The first kappa shape index (κ1) is 15.3. The number of hydrogen-bond donors (Lipinski definition) is 2. The lowest BCUT2D eigenvalue weighted by molar-refractivity contribution is 0.241. The highest BCUT2D eigenvalue weighted by Gasteiger charge is 2.14. The van der Waals surface area contributed by atoms with Gasteiger partial charge in [0.2, 0.25) is 0 Å². The largest absolute Gasteiger partial charge is 0.497 e. The second-order valence-electron chi connectivity index (χ2n) is 5.00. The minimum absolute atomic E-state index is 0.100. The fourth-order valence-electron chi connectivity index (χ4n) is 2.14. The molecular formula is C16H21N3O2. The van der Waals surface area contributed by atoms with Crippen LogP contribution in [-0.4, -0.2) is 18.2 Å². The van der Waals surface area contributed by atoms with Gasteiger partial charge in [-0.3, -0.25) is 10.8 Å². The van der Waals surface area contributed by atoms with Crippen molar-refractivity contribution in [3.05, 3.63) is 53.9 Å². The van der Waals surface area contributed by atoms with Crippen LogP contribution in [-0.2, 0) is 0 Å². The lowest BCUT2D eigenvalue weighted by atomic mass is 10.0. The van der Waals surface area contributed by atoms with Gasteiger partial charge in [-0.25, -0.2) is 5.43 Å². The van der Waals surface area contributed by atoms with Crippen molar-refractivity contribution in [1.82, 2.24) is 10.4 Å². The van der Waals surface area contributed by atoms with E-state index in [4.69, 9.17) is 15.3 Å². The van der Waals surface area contributed by atoms with Crippen molar-refractivity contribution in [3.8, 4) is 11.5 Å². The van der Waals surface area contributed by atoms with E-state index in [0.717, 1.165) is 22.6 Å². The highest BCUT2D eigenvalue weighted by molar-refractivity contribution is 5.37. The molecule has 1 heterocycles. The lowest BCUT2D eigenvalue weighted by Crippen LogP contribution is -2.29. The van der Waals surface area contributed by atoms with E-state index in [0.29, 0.717) is 0 Å². The van der Waals surface area contributed by atoms with Crippen LogP contribution in [0.3, 0.4) is 0 Å². The fourth-order valence-corrected chi connectivity index (χ4v) is 2.14. The van der Waals surface area contributed by atoms with Gasteiger partial charge in [0.15, 0.2) is 0 Å². The zero-order valence-corrected chi connectivity index (χ0v) is 12.5. The summed E-state index contributed by atoms with van der Waals surface area (Å²) in [4.78, 5) is 4.22. The highest BCUT2D eigenvalue weighted by Crippen LogP contribution is 2.26. The third kappa shape index (κ3) is 3.93. The van der Waals surface area contributed by atoms with Gasteiger partial charge in [0.1, 0.15) is 11.5 Å². The normalized spacial score (nSPS) is 12.2. The van der Waals surface area contributed by atoms with Crippen LogP contribution in [0, 0.1) is 0 Å². The summed E-state index contributed by atoms with van der Waals surface area (Å²) in [5, 5.41) is 0. The fraction of sp³-hybridized carbons (Fsp3) is 0.312. The molecule has 112 valence electrons. The molecule has 1 unspecified atom stereocenters. The van der Waals surface area contributed by atoms with Gasteiger partial charge in [-0.1, -0.05) is 12.1 Å². The smallest absolute Gasteiger partial charge is 0.138 e. The number of nitrogens with two attached hydrogens (primary N) is 1. The minimum Gasteiger partial charge on any atom is -0.497 e. The Balaban J connectivity index is 2.32. The summed E-state index contributed by atoms with van der Waals surface area (Å²) in [5.74, 6) is 7.24. The number of rotatable bonds is 6. The maximum absolute atomic E-state index is 5.72. The predicted molar refractivity (Wildman–Crippen MR) is 82.2 cm³/mol. The van der Waals surface area contributed by atoms with Crippen molar-refractivity contribution >= 4 is 0 Å². The molecule has 5 heteroatoms. The zero-order chi connectivity index (χ0) is 15.2. The van der Waals surface area contributed by atoms with Crippen LogP contribution in [0.15, 0.2) is 42.7 Å². The van der Waals surface area contributed by atoms with Crippen LogP contribution in [0.1, 0.15) is 31.0 Å². The van der Waals surface area contributed by atoms with Crippen LogP contribution < -0.4 is 20.7 Å². The molecule has 0 spiro atoms. The van der Waals surface area contributed by atoms with E-state index in [2.05, 4.69) is 10.4 Å². The number of nitrogens with one attached hydrogen (secondary N) is 1. The molecule has 0 saturated heterocycles. The van der Waals surface area contributed by atoms with Crippen molar-refractivity contribution in [3.63, 3.8) is 0 Å². The monoisotopic (exact) mass is 287 g/mol. The summed E-state index contributed by atoms with van der Waals surface area (Å²) >= 11 is 0. The number of benzene rings is 1. The molecule has 1 aromatic heterocycles. The van der Waals surface area contributed by atoms with E-state index >= 15 is 0 Å². The molecule has 5 nitrogen and oxygen atoms in total. The molecule has 21 heavy (non-hydrogen) atoms. The van der Waals surface area contributed by atoms with E-state index in [1.807, 2.05) is 44.2 Å². The number of pyridine rings is 1. The Bertz CT molecular complexity index is 587. The Morgan fingerprint density at radius 2 is 1.86 bits per heavy atom. The molecule has 0 radical (unpaired) electrons. The summed E-state index contributed by atoms with van der Waals surface area (Å²) in [5.41, 5.74) is 4.75. The van der Waals surface area contributed by atoms with E-state index in [1.165, 1.54) is 0 Å². The van der Waals surface area contributed by atoms with E-state index < -0.39 is 0 Å². The van der Waals surface area contributed by atoms with Gasteiger partial charge in [-0.2, -0.15) is 0 Å². The van der Waals surface area contributed by atoms with Gasteiger partial charge in [-0.15, -0.1) is 0 Å². The van der Waals surface area contributed by atoms with Crippen molar-refractivity contribution in [1.29, 1.82) is 0 Å². The van der Waals surface area contributed by atoms with Gasteiger partial charge in [-0.05, 0) is 43.2 Å². The van der Waals surface area contributed by atoms with Crippen LogP contribution in [0.5, 0.6) is 11.5 Å². The molecule has 0 aliphatic rings. The van der Waals surface area contributed by atoms with E-state index in [9.17, 15) is 0 Å². The first-order valence-corrected chi connectivity index (χ1v) is 6.85. The molecule has 0 saturated carbocycles. The SMILES string of the molecule is COc1cccc(C(NN)c2cncc(OC(C)C)c2)c1. The van der Waals surface area contributed by atoms with Crippen molar-refractivity contribution < 1.29 is 9.47 Å². The molecule has 0 bridgehead atoms. The topological polar surface area (TPSA) is 69.4 Å². The summed E-state index contributed by atoms with van der Waals surface area (Å²) in [6, 6.07) is 9.53. The summed E-state index contributed by atoms with van der Waals surface area (Å²) < 4.78 is 10.9. The Hall–Kier alpha value is -2.11. The molecule has 0 aliphatic heterocycles. The third-order valence-corrected chi connectivity index (χ3v) is 3.03. The second kappa shape index (κ2) is 7.06. The van der Waals surface area contributed by atoms with Crippen LogP contribution >= 0.6 is 0 Å². The Labute approximate surface area is 125 Å². The Kier molecular flexibility index (Phi) is 5.14. The molecule has 3 N–H and O–H groups in total. The molecule has 0 amide bonds. The number of hydrogen-bond acceptors (Lipinski definition) is 5. The molecule has 1 atom stereocenters. The number of ether oxygens (including phenoxy) is 2. The average Bonchev–Trinajstić information content (AvgIpc) is 2.48. The molecule has 0 aliphatic carbocycles. The Morgan fingerprint density at radius 3 is 2.52 bits per heavy atom. The summed E-state index contributed by atoms with van der Waals surface area (Å²) in [6.07, 6.45) is 3.57. The summed E-state index contributed by atoms with van der Waals surface area (Å²) in [6.45, 7) is 3.96. The first-order chi connectivity index (χ1) is 10.1. The van der Waals surface area contributed by atoms with Gasteiger partial charge < -0.3 is 9.47 Å². The number of hydrazine groups is 1. The van der Waals surface area contributed by atoms with Crippen molar-refractivity contribution in [2.45, 2.75) is 26.0 Å². The van der Waals surface area contributed by atoms with Gasteiger partial charge >= 0.3 is 0 Å². The van der Waals surface area contributed by atoms with E-state index in [1.54, 1.807) is 19.5 Å². The van der Waals surface area contributed by atoms with Crippen molar-refractivity contribution in [2.75, 3.05) is 7.11 Å². The second-order valence-corrected chi connectivity index (χ2v) is 5.00. The quantitative estimate of drug-likeness (QED) is 0.631. The molecular weight excluding hydrogens is 266 g/mol. The van der Waals surface area contributed by atoms with E-state index in [-0.39, 0.29) is 12.1 Å². The predicted octanol–water partition coefficient (Wildman–Crippen LogP) is 2.43. The maximum Gasteiger partial charge on any atom is 0.138 e. The highest BCUT2D eigenvalue weighted by atomic mass is 16.5. The molecule has 1 aromatic carbocycles. The molecule has 2 rings (SSSR count). The number of nitrogens with zero attached hydrogens (tertiary/aromatic N) is 1. The Morgan fingerprint density at radius 1 is 1.10 bits per heavy atom. The molecule has 0 fully saturated rings. The van der Waals surface area contributed by atoms with Gasteiger partial charge in [0.05, 0.1) is 25.5 Å². The third-order valence-electron chi connectivity index (χ3n) is 3.03. The first-order valence-electron chi connectivity index (χ1n) is 6.85. The zero-order valence-electron chi connectivity index (χ0n) is 12.5. The van der Waals surface area contributed by atoms with Crippen LogP contribution in [0.2, 0.25) is 0 Å². The summed E-state index contributed by atoms with van der Waals surface area (Å²) in [7, 11) is 1.64. The van der Waals surface area contributed by atoms with Gasteiger partial charge in [0, 0.05) is 6.20 Å². The minimum atomic E-state index is -0.177. The standard InChI is InChI=1S/C16H21N3O2/c1-11(2)21-15-8-13(9-18-10-15)16(19-17)12-5-4-6-14(7-12)20-3/h4-11,16,19H,17H2,1-3H3. The maximum atomic E-state index is 5.72. The molecule has 2 aromatic rings. The van der Waals surface area contributed by atoms with Crippen LogP contribution in [0.25, 0.3) is 0 Å². The van der Waals surface area contributed by atoms with Crippen molar-refractivity contribution in [2.24, 2.45) is 5.84 Å². The van der Waals surface area contributed by atoms with Gasteiger partial charge in [0.25, 0.3) is 0 Å². The van der Waals surface area contributed by atoms with Crippen LogP contribution in [0.4, 0.5) is 0 Å².